The number of likely N-dealkylation sites (tertiary alicyclic amines) is 1. The van der Waals surface area contributed by atoms with Crippen LogP contribution in [0.5, 0.6) is 5.75 Å². The third-order valence-corrected chi connectivity index (χ3v) is 6.85. The van der Waals surface area contributed by atoms with E-state index >= 15 is 0 Å². The maximum Gasteiger partial charge on any atom is 0.229 e. The number of hydrogen-bond acceptors (Lipinski definition) is 5. The Kier molecular flexibility index (Phi) is 4.75. The zero-order valence-electron chi connectivity index (χ0n) is 18.2. The van der Waals surface area contributed by atoms with Crippen molar-refractivity contribution < 1.29 is 14.6 Å². The summed E-state index contributed by atoms with van der Waals surface area (Å²) in [4.78, 5) is 21.9. The Morgan fingerprint density at radius 2 is 2.03 bits per heavy atom. The summed E-state index contributed by atoms with van der Waals surface area (Å²) in [5.74, 6) is 0.800. The summed E-state index contributed by atoms with van der Waals surface area (Å²) in [5, 5.41) is 11.6. The molecule has 2 aliphatic heterocycles. The maximum atomic E-state index is 13.4. The van der Waals surface area contributed by atoms with Crippen molar-refractivity contribution in [1.82, 2.24) is 19.4 Å². The van der Waals surface area contributed by atoms with Gasteiger partial charge in [-0.25, -0.2) is 0 Å². The van der Waals surface area contributed by atoms with Gasteiger partial charge in [0.15, 0.2) is 0 Å². The van der Waals surface area contributed by atoms with Crippen LogP contribution in [0.25, 0.3) is 10.9 Å². The number of ether oxygens (including phenoxy) is 1. The van der Waals surface area contributed by atoms with Gasteiger partial charge in [0.05, 0.1) is 31.7 Å². The molecule has 2 aliphatic rings. The molecule has 3 aromatic rings. The number of nitrogens with zero attached hydrogens (tertiary/aromatic N) is 4. The van der Waals surface area contributed by atoms with Gasteiger partial charge in [0.1, 0.15) is 5.75 Å². The first kappa shape index (κ1) is 20.0. The predicted molar refractivity (Wildman–Crippen MR) is 118 cm³/mol. The zero-order valence-corrected chi connectivity index (χ0v) is 18.2. The van der Waals surface area contributed by atoms with E-state index in [1.807, 2.05) is 42.3 Å². The molecule has 1 fully saturated rings. The van der Waals surface area contributed by atoms with E-state index in [1.165, 1.54) is 10.9 Å². The number of aromatic nitrogens is 2. The number of aliphatic hydroxyl groups is 1. The first-order valence-electron chi connectivity index (χ1n) is 10.6. The molecule has 2 aromatic heterocycles. The molecule has 1 saturated heterocycles. The number of likely N-dealkylation sites (N-methyl/N-ethyl adjacent to an activating group) is 1. The van der Waals surface area contributed by atoms with Crippen molar-refractivity contribution in [2.75, 3.05) is 40.4 Å². The molecule has 0 radical (unpaired) electrons. The van der Waals surface area contributed by atoms with Gasteiger partial charge >= 0.3 is 0 Å². The van der Waals surface area contributed by atoms with E-state index < -0.39 is 0 Å². The average molecular weight is 421 g/mol. The molecule has 5 rings (SSSR count). The molecule has 1 aromatic carbocycles. The van der Waals surface area contributed by atoms with Crippen LogP contribution in [0.15, 0.2) is 42.6 Å². The lowest BCUT2D eigenvalue weighted by Crippen LogP contribution is -2.66. The molecule has 31 heavy (non-hydrogen) atoms. The van der Waals surface area contributed by atoms with Crippen LogP contribution in [0.1, 0.15) is 23.0 Å². The highest BCUT2D eigenvalue weighted by Crippen LogP contribution is 2.49. The number of rotatable bonds is 4. The minimum atomic E-state index is -0.383. The molecule has 1 atom stereocenters. The predicted octanol–water partition coefficient (Wildman–Crippen LogP) is 1.88. The third kappa shape index (κ3) is 3.03. The number of aliphatic hydroxyl groups excluding tert-OH is 1. The molecule has 162 valence electrons. The van der Waals surface area contributed by atoms with Gasteiger partial charge in [-0.05, 0) is 36.9 Å². The number of carbonyl (C=O) groups excluding carboxylic acids is 1. The number of hydrogen-bond donors (Lipinski definition) is 1. The molecule has 1 N–H and O–H groups in total. The number of amides is 1. The van der Waals surface area contributed by atoms with Gasteiger partial charge in [-0.2, -0.15) is 0 Å². The topological polar surface area (TPSA) is 70.8 Å². The second kappa shape index (κ2) is 7.35. The molecule has 0 unspecified atom stereocenters. The first-order valence-corrected chi connectivity index (χ1v) is 10.6. The number of methoxy groups -OCH3 is 1. The Balaban J connectivity index is 1.63. The van der Waals surface area contributed by atoms with Crippen LogP contribution in [0.4, 0.5) is 0 Å². The van der Waals surface area contributed by atoms with Gasteiger partial charge < -0.3 is 24.2 Å². The second-order valence-electron chi connectivity index (χ2n) is 8.87. The van der Waals surface area contributed by atoms with Crippen molar-refractivity contribution in [2.45, 2.75) is 17.9 Å². The smallest absolute Gasteiger partial charge is 0.229 e. The summed E-state index contributed by atoms with van der Waals surface area (Å²) < 4.78 is 7.59. The Morgan fingerprint density at radius 1 is 1.23 bits per heavy atom. The number of fused-ring (bicyclic) bond motifs is 4. The fourth-order valence-corrected chi connectivity index (χ4v) is 5.62. The van der Waals surface area contributed by atoms with Gasteiger partial charge in [0.2, 0.25) is 5.91 Å². The molecular formula is C24H28N4O3. The van der Waals surface area contributed by atoms with Crippen molar-refractivity contribution >= 4 is 16.8 Å². The summed E-state index contributed by atoms with van der Waals surface area (Å²) in [6.07, 6.45) is 1.94. The summed E-state index contributed by atoms with van der Waals surface area (Å²) in [6.45, 7) is 2.26. The van der Waals surface area contributed by atoms with E-state index in [4.69, 9.17) is 4.74 Å². The molecule has 4 heterocycles. The van der Waals surface area contributed by atoms with Gasteiger partial charge in [-0.1, -0.05) is 6.07 Å². The molecule has 7 heteroatoms. The van der Waals surface area contributed by atoms with Crippen molar-refractivity contribution in [3.05, 3.63) is 59.5 Å². The molecule has 1 spiro atoms. The van der Waals surface area contributed by atoms with E-state index in [2.05, 4.69) is 27.6 Å². The lowest BCUT2D eigenvalue weighted by molar-refractivity contribution is -0.138. The van der Waals surface area contributed by atoms with Crippen LogP contribution in [-0.4, -0.2) is 70.8 Å². The number of aryl methyl sites for hydroxylation is 1. The second-order valence-corrected chi connectivity index (χ2v) is 8.87. The molecule has 0 bridgehead atoms. The van der Waals surface area contributed by atoms with E-state index in [-0.39, 0.29) is 30.4 Å². The Bertz CT molecular complexity index is 1130. The van der Waals surface area contributed by atoms with Crippen LogP contribution in [0, 0.1) is 0 Å². The quantitative estimate of drug-likeness (QED) is 0.698. The van der Waals surface area contributed by atoms with Gasteiger partial charge in [0, 0.05) is 61.1 Å². The largest absolute Gasteiger partial charge is 0.497 e. The summed E-state index contributed by atoms with van der Waals surface area (Å²) in [5.41, 5.74) is 3.97. The minimum Gasteiger partial charge on any atom is -0.497 e. The Hall–Kier alpha value is -2.90. The highest BCUT2D eigenvalue weighted by Gasteiger charge is 2.53. The van der Waals surface area contributed by atoms with Crippen molar-refractivity contribution in [3.63, 3.8) is 0 Å². The summed E-state index contributed by atoms with van der Waals surface area (Å²) in [6, 6.07) is 11.4. The maximum absolute atomic E-state index is 13.4. The summed E-state index contributed by atoms with van der Waals surface area (Å²) in [7, 11) is 5.80. The normalized spacial score (nSPS) is 20.0. The lowest BCUT2D eigenvalue weighted by Gasteiger charge is -2.55. The van der Waals surface area contributed by atoms with Crippen LogP contribution < -0.4 is 4.74 Å². The van der Waals surface area contributed by atoms with Crippen LogP contribution in [0.2, 0.25) is 0 Å². The SMILES string of the molecule is COc1ccc2c3c(n(C)c2c1)[C@H](CO)N(C(=O)Cc1ccccn1)CC31CN(C)C1. The highest BCUT2D eigenvalue weighted by atomic mass is 16.5. The number of pyridine rings is 1. The standard InChI is InChI=1S/C24H28N4O3/c1-26-13-24(14-26)15-28(21(30)10-16-6-4-5-9-25-16)20(12-29)23-22(24)18-8-7-17(31-3)11-19(18)27(23)2/h4-9,11,20,29H,10,12-15H2,1-3H3/t20-/m0/s1. The van der Waals surface area contributed by atoms with E-state index in [0.29, 0.717) is 6.54 Å². The van der Waals surface area contributed by atoms with E-state index in [1.54, 1.807) is 13.3 Å². The fourth-order valence-electron chi connectivity index (χ4n) is 5.62. The van der Waals surface area contributed by atoms with E-state index in [9.17, 15) is 9.90 Å². The Labute approximate surface area is 181 Å². The zero-order chi connectivity index (χ0) is 21.8. The molecular weight excluding hydrogens is 392 g/mol. The molecule has 1 amide bonds. The van der Waals surface area contributed by atoms with Crippen LogP contribution >= 0.6 is 0 Å². The number of benzene rings is 1. The lowest BCUT2D eigenvalue weighted by atomic mass is 9.69. The van der Waals surface area contributed by atoms with Crippen LogP contribution in [-0.2, 0) is 23.7 Å². The van der Waals surface area contributed by atoms with E-state index in [0.717, 1.165) is 35.7 Å². The van der Waals surface area contributed by atoms with Gasteiger partial charge in [-0.15, -0.1) is 0 Å². The molecule has 0 saturated carbocycles. The monoisotopic (exact) mass is 420 g/mol. The molecule has 7 nitrogen and oxygen atoms in total. The first-order chi connectivity index (χ1) is 15.0. The van der Waals surface area contributed by atoms with Crippen molar-refractivity contribution in [1.29, 1.82) is 0 Å². The van der Waals surface area contributed by atoms with Crippen molar-refractivity contribution in [3.8, 4) is 5.75 Å². The van der Waals surface area contributed by atoms with Crippen LogP contribution in [0.3, 0.4) is 0 Å². The van der Waals surface area contributed by atoms with Gasteiger partial charge in [0.25, 0.3) is 0 Å². The molecule has 0 aliphatic carbocycles. The van der Waals surface area contributed by atoms with Crippen molar-refractivity contribution in [2.24, 2.45) is 7.05 Å². The van der Waals surface area contributed by atoms with Gasteiger partial charge in [-0.3, -0.25) is 9.78 Å². The Morgan fingerprint density at radius 3 is 2.68 bits per heavy atom. The minimum absolute atomic E-state index is 0.000153. The fraction of sp³-hybridized carbons (Fsp3) is 0.417. The summed E-state index contributed by atoms with van der Waals surface area (Å²) >= 11 is 0. The average Bonchev–Trinajstić information content (AvgIpc) is 3.06. The highest BCUT2D eigenvalue weighted by molar-refractivity contribution is 5.90. The number of carbonyl (C=O) groups is 1. The third-order valence-electron chi connectivity index (χ3n) is 6.85.